The van der Waals surface area contributed by atoms with Crippen LogP contribution in [0.15, 0.2) is 47.6 Å². The van der Waals surface area contributed by atoms with Gasteiger partial charge in [0.2, 0.25) is 5.91 Å². The Labute approximate surface area is 309 Å². The standard InChI is InChI=1S/C37H57ClN2O6S2Si/c1-24-14-12-15-32(44-9)37(47-16-13-17-48-37)23-31(45-35(39)42)26(3)19-25(2)29(46-49(10,11)36(4,5)6)22-33(41)40(7)28-20-27(18-24)21-30(43-8)34(28)38/h12,14-15,19-21,26,29,31-32H,13,16-18,22-23H2,1-11H3,(H2,39,42)/b15-12+,24-14+,25-19+/t26-,29-,31-,32+/m0/s1. The summed E-state index contributed by atoms with van der Waals surface area (Å²) in [7, 11) is 2.72. The molecule has 4 atom stereocenters. The number of nitrogens with zero attached hydrogens (tertiary/aromatic N) is 1. The number of halogens is 1. The van der Waals surface area contributed by atoms with E-state index in [0.29, 0.717) is 29.3 Å². The number of fused-ring (bicyclic) bond motifs is 2. The molecule has 1 spiro atoms. The van der Waals surface area contributed by atoms with E-state index >= 15 is 0 Å². The van der Waals surface area contributed by atoms with Gasteiger partial charge in [-0.3, -0.25) is 4.79 Å². The van der Waals surface area contributed by atoms with Crippen molar-refractivity contribution in [2.75, 3.05) is 37.7 Å². The summed E-state index contributed by atoms with van der Waals surface area (Å²) in [6, 6.07) is 3.88. The summed E-state index contributed by atoms with van der Waals surface area (Å²) in [6.45, 7) is 17.0. The van der Waals surface area contributed by atoms with Gasteiger partial charge in [-0.1, -0.05) is 69.2 Å². The number of hydrogen-bond acceptors (Lipinski definition) is 8. The van der Waals surface area contributed by atoms with Crippen LogP contribution in [0.3, 0.4) is 0 Å². The number of hydrogen-bond donors (Lipinski definition) is 1. The van der Waals surface area contributed by atoms with Crippen molar-refractivity contribution >= 4 is 61.1 Å². The van der Waals surface area contributed by atoms with E-state index in [-0.39, 0.29) is 29.4 Å². The first-order valence-corrected chi connectivity index (χ1v) is 22.2. The highest BCUT2D eigenvalue weighted by atomic mass is 35.5. The van der Waals surface area contributed by atoms with E-state index in [0.717, 1.165) is 34.6 Å². The Hall–Kier alpha value is -1.89. The van der Waals surface area contributed by atoms with Gasteiger partial charge >= 0.3 is 6.09 Å². The van der Waals surface area contributed by atoms with Crippen molar-refractivity contribution < 1.29 is 28.2 Å². The molecule has 2 heterocycles. The van der Waals surface area contributed by atoms with Crippen LogP contribution in [0, 0.1) is 5.92 Å². The highest BCUT2D eigenvalue weighted by molar-refractivity contribution is 8.18. The first kappa shape index (κ1) is 41.5. The summed E-state index contributed by atoms with van der Waals surface area (Å²) < 4.78 is 24.3. The van der Waals surface area contributed by atoms with Gasteiger partial charge in [0.25, 0.3) is 0 Å². The van der Waals surface area contributed by atoms with Crippen LogP contribution in [-0.2, 0) is 25.1 Å². The highest BCUT2D eigenvalue weighted by Gasteiger charge is 2.45. The SMILES string of the molecule is COc1cc2cc(c1Cl)N(C)C(=O)C[C@H](O[Si](C)(C)C(C)(C)C)/C(C)=C/[C@H](C)[C@@H](OC(N)=O)CC1(SCCCS1)[C@H](OC)/C=C/C=C(\C)C2. The zero-order valence-electron chi connectivity index (χ0n) is 31.2. The number of methoxy groups -OCH3 is 2. The Kier molecular flexibility index (Phi) is 14.9. The Bertz CT molecular complexity index is 1420. The number of ether oxygens (including phenoxy) is 3. The maximum Gasteiger partial charge on any atom is 0.404 e. The van der Waals surface area contributed by atoms with E-state index in [1.807, 2.05) is 55.6 Å². The van der Waals surface area contributed by atoms with E-state index in [4.69, 9.17) is 36.0 Å². The Balaban J connectivity index is 2.24. The molecular formula is C37H57ClN2O6S2Si. The lowest BCUT2D eigenvalue weighted by molar-refractivity contribution is -0.119. The van der Waals surface area contributed by atoms with E-state index in [2.05, 4.69) is 59.0 Å². The molecule has 0 radical (unpaired) electrons. The molecule has 3 rings (SSSR count). The van der Waals surface area contributed by atoms with Gasteiger partial charge in [0.05, 0.1) is 35.5 Å². The molecule has 2 N–H and O–H groups in total. The molecule has 2 aliphatic rings. The molecule has 8 nitrogen and oxygen atoms in total. The third kappa shape index (κ3) is 10.8. The Morgan fingerprint density at radius 1 is 1.14 bits per heavy atom. The third-order valence-electron chi connectivity index (χ3n) is 9.83. The minimum atomic E-state index is -2.33. The smallest absolute Gasteiger partial charge is 0.404 e. The highest BCUT2D eigenvalue weighted by Crippen LogP contribution is 2.50. The van der Waals surface area contributed by atoms with Crippen molar-refractivity contribution in [1.29, 1.82) is 0 Å². The van der Waals surface area contributed by atoms with Gasteiger partial charge in [-0.15, -0.1) is 23.5 Å². The van der Waals surface area contributed by atoms with Crippen molar-refractivity contribution in [2.24, 2.45) is 11.7 Å². The summed E-state index contributed by atoms with van der Waals surface area (Å²) >= 11 is 10.5. The average molecular weight is 754 g/mol. The molecule has 1 aromatic rings. The van der Waals surface area contributed by atoms with Gasteiger partial charge in [-0.2, -0.15) is 0 Å². The first-order chi connectivity index (χ1) is 22.8. The number of benzene rings is 1. The van der Waals surface area contributed by atoms with Crippen LogP contribution in [0.2, 0.25) is 23.2 Å². The molecule has 1 fully saturated rings. The van der Waals surface area contributed by atoms with Crippen LogP contribution in [-0.4, -0.2) is 75.5 Å². The number of anilines is 1. The second kappa shape index (κ2) is 17.6. The molecule has 0 unspecified atom stereocenters. The normalized spacial score (nSPS) is 27.5. The molecule has 12 heteroatoms. The molecule has 49 heavy (non-hydrogen) atoms. The van der Waals surface area contributed by atoms with Crippen molar-refractivity contribution in [3.8, 4) is 5.75 Å². The van der Waals surface area contributed by atoms with Crippen LogP contribution in [0.25, 0.3) is 0 Å². The third-order valence-corrected chi connectivity index (χ3v) is 18.2. The molecular weight excluding hydrogens is 696 g/mol. The number of allylic oxidation sites excluding steroid dienone is 3. The lowest BCUT2D eigenvalue weighted by Crippen LogP contribution is -2.46. The summed E-state index contributed by atoms with van der Waals surface area (Å²) in [6.07, 6.45) is 8.54. The van der Waals surface area contributed by atoms with Crippen molar-refractivity contribution in [3.05, 3.63) is 58.2 Å². The van der Waals surface area contributed by atoms with E-state index in [9.17, 15) is 9.59 Å². The van der Waals surface area contributed by atoms with E-state index in [1.54, 1.807) is 26.2 Å². The molecule has 0 saturated carbocycles. The van der Waals surface area contributed by atoms with Gasteiger partial charge in [0.15, 0.2) is 8.32 Å². The van der Waals surface area contributed by atoms with Crippen LogP contribution in [0.1, 0.15) is 66.4 Å². The number of carbonyl (C=O) groups is 2. The fraction of sp³-hybridized carbons (Fsp3) is 0.622. The van der Waals surface area contributed by atoms with Gasteiger partial charge in [0, 0.05) is 26.5 Å². The maximum absolute atomic E-state index is 14.1. The lowest BCUT2D eigenvalue weighted by Gasteiger charge is -2.43. The van der Waals surface area contributed by atoms with E-state index in [1.165, 1.54) is 0 Å². The first-order valence-electron chi connectivity index (χ1n) is 16.9. The fourth-order valence-electron chi connectivity index (χ4n) is 5.88. The number of carbonyl (C=O) groups excluding carboxylic acids is 2. The van der Waals surface area contributed by atoms with Crippen molar-refractivity contribution in [3.63, 3.8) is 0 Å². The van der Waals surface area contributed by atoms with Gasteiger partial charge < -0.3 is 29.3 Å². The average Bonchev–Trinajstić information content (AvgIpc) is 3.01. The quantitative estimate of drug-likeness (QED) is 0.235. The molecule has 1 saturated heterocycles. The summed E-state index contributed by atoms with van der Waals surface area (Å²) in [5.74, 6) is 2.09. The monoisotopic (exact) mass is 752 g/mol. The molecule has 2 amide bonds. The molecule has 274 valence electrons. The Morgan fingerprint density at radius 3 is 2.37 bits per heavy atom. The molecule has 0 aromatic heterocycles. The minimum Gasteiger partial charge on any atom is -0.495 e. The lowest BCUT2D eigenvalue weighted by atomic mass is 9.93. The number of amides is 2. The predicted molar refractivity (Wildman–Crippen MR) is 210 cm³/mol. The molecule has 1 aromatic carbocycles. The Morgan fingerprint density at radius 2 is 1.80 bits per heavy atom. The summed E-state index contributed by atoms with van der Waals surface area (Å²) in [5.41, 5.74) is 9.23. The minimum absolute atomic E-state index is 0.0865. The van der Waals surface area contributed by atoms with E-state index < -0.39 is 30.7 Å². The van der Waals surface area contributed by atoms with Crippen molar-refractivity contribution in [1.82, 2.24) is 0 Å². The second-order valence-corrected chi connectivity index (χ2v) is 22.9. The molecule has 2 aliphatic heterocycles. The van der Waals surface area contributed by atoms with Gasteiger partial charge in [0.1, 0.15) is 16.9 Å². The number of thioether (sulfide) groups is 2. The molecule has 0 aliphatic carbocycles. The largest absolute Gasteiger partial charge is 0.495 e. The van der Waals surface area contributed by atoms with Crippen molar-refractivity contribution in [2.45, 2.75) is 108 Å². The maximum atomic E-state index is 14.1. The van der Waals surface area contributed by atoms with Crippen LogP contribution in [0.4, 0.5) is 10.5 Å². The second-order valence-electron chi connectivity index (χ2n) is 14.7. The van der Waals surface area contributed by atoms with Crippen LogP contribution >= 0.6 is 35.1 Å². The number of nitrogens with two attached hydrogens (primary N) is 1. The molecule has 2 bridgehead atoms. The number of rotatable bonds is 5. The van der Waals surface area contributed by atoms with Gasteiger partial charge in [-0.05, 0) is 79.6 Å². The predicted octanol–water partition coefficient (Wildman–Crippen LogP) is 9.17. The topological polar surface area (TPSA) is 100 Å². The van der Waals surface area contributed by atoms with Crippen LogP contribution in [0.5, 0.6) is 5.75 Å². The number of primary amides is 1. The van der Waals surface area contributed by atoms with Gasteiger partial charge in [-0.25, -0.2) is 4.79 Å². The summed E-state index contributed by atoms with van der Waals surface area (Å²) in [4.78, 5) is 28.1. The zero-order valence-corrected chi connectivity index (χ0v) is 34.6. The summed E-state index contributed by atoms with van der Waals surface area (Å²) in [5, 5.41) is 0.288. The zero-order chi connectivity index (χ0) is 36.7. The van der Waals surface area contributed by atoms with Crippen LogP contribution < -0.4 is 15.4 Å². The fourth-order valence-corrected chi connectivity index (χ4v) is 11.1.